The van der Waals surface area contributed by atoms with Crippen LogP contribution < -0.4 is 10.5 Å². The number of hydrogen-bond acceptors (Lipinski definition) is 4. The van der Waals surface area contributed by atoms with Crippen LogP contribution in [0.1, 0.15) is 15.9 Å². The first-order valence-corrected chi connectivity index (χ1v) is 5.23. The number of nitriles is 1. The van der Waals surface area contributed by atoms with Gasteiger partial charge in [-0.1, -0.05) is 15.9 Å². The number of ether oxygens (including phenoxy) is 1. The van der Waals surface area contributed by atoms with Crippen molar-refractivity contribution in [3.63, 3.8) is 0 Å². The average molecular weight is 269 g/mol. The maximum absolute atomic E-state index is 11.5. The van der Waals surface area contributed by atoms with Gasteiger partial charge in [0, 0.05) is 11.6 Å². The molecule has 4 nitrogen and oxygen atoms in total. The molecule has 1 aromatic rings. The molecule has 0 aromatic heterocycles. The first kappa shape index (κ1) is 11.5. The van der Waals surface area contributed by atoms with Crippen molar-refractivity contribution >= 4 is 27.4 Å². The smallest absolute Gasteiger partial charge is 0.175 e. The van der Waals surface area contributed by atoms with Crippen LogP contribution in [0.4, 0.5) is 5.69 Å². The van der Waals surface area contributed by atoms with Crippen molar-refractivity contribution in [3.05, 3.63) is 23.3 Å². The van der Waals surface area contributed by atoms with Crippen LogP contribution in [0, 0.1) is 11.3 Å². The van der Waals surface area contributed by atoms with E-state index in [2.05, 4.69) is 15.9 Å². The number of carbonyl (C=O) groups excluding carboxylic acids is 1. The van der Waals surface area contributed by atoms with E-state index in [0.717, 1.165) is 0 Å². The topological polar surface area (TPSA) is 76.1 Å². The largest absolute Gasteiger partial charge is 0.495 e. The molecular weight excluding hydrogens is 260 g/mol. The van der Waals surface area contributed by atoms with Gasteiger partial charge in [-0.3, -0.25) is 4.79 Å². The summed E-state index contributed by atoms with van der Waals surface area (Å²) in [4.78, 5) is 11.5. The number of ketones is 1. The molecule has 0 aliphatic heterocycles. The second-order valence-corrected chi connectivity index (χ2v) is 3.37. The van der Waals surface area contributed by atoms with Gasteiger partial charge in [0.15, 0.2) is 5.78 Å². The quantitative estimate of drug-likeness (QED) is 0.515. The molecular formula is C10H9BrN2O2. The minimum atomic E-state index is -0.178. The molecule has 78 valence electrons. The lowest BCUT2D eigenvalue weighted by Gasteiger charge is -2.08. The zero-order chi connectivity index (χ0) is 11.4. The van der Waals surface area contributed by atoms with E-state index in [4.69, 9.17) is 15.7 Å². The van der Waals surface area contributed by atoms with E-state index in [-0.39, 0.29) is 16.8 Å². The fourth-order valence-electron chi connectivity index (χ4n) is 1.16. The summed E-state index contributed by atoms with van der Waals surface area (Å²) in [5, 5.41) is 8.92. The van der Waals surface area contributed by atoms with E-state index in [9.17, 15) is 4.79 Å². The van der Waals surface area contributed by atoms with Crippen LogP contribution in [-0.4, -0.2) is 18.2 Å². The van der Waals surface area contributed by atoms with Gasteiger partial charge in [-0.15, -0.1) is 0 Å². The maximum atomic E-state index is 11.5. The van der Waals surface area contributed by atoms with Crippen LogP contribution in [0.15, 0.2) is 12.1 Å². The van der Waals surface area contributed by atoms with Crippen molar-refractivity contribution in [1.29, 1.82) is 5.26 Å². The van der Waals surface area contributed by atoms with E-state index in [1.807, 2.05) is 6.07 Å². The van der Waals surface area contributed by atoms with E-state index in [1.165, 1.54) is 19.2 Å². The van der Waals surface area contributed by atoms with Crippen LogP contribution in [0.5, 0.6) is 5.75 Å². The summed E-state index contributed by atoms with van der Waals surface area (Å²) in [6.07, 6.45) is 0. The lowest BCUT2D eigenvalue weighted by atomic mass is 10.1. The summed E-state index contributed by atoms with van der Waals surface area (Å²) in [5.74, 6) is 0.168. The molecule has 0 amide bonds. The number of carbonyl (C=O) groups is 1. The van der Waals surface area contributed by atoms with Gasteiger partial charge in [0.2, 0.25) is 0 Å². The lowest BCUT2D eigenvalue weighted by molar-refractivity contribution is 0.102. The first-order valence-electron chi connectivity index (χ1n) is 4.10. The number of alkyl halides is 1. The van der Waals surface area contributed by atoms with Gasteiger partial charge in [0.25, 0.3) is 0 Å². The Balaban J connectivity index is 3.38. The van der Waals surface area contributed by atoms with Crippen molar-refractivity contribution < 1.29 is 9.53 Å². The predicted molar refractivity (Wildman–Crippen MR) is 60.2 cm³/mol. The normalized spacial score (nSPS) is 9.40. The van der Waals surface area contributed by atoms with E-state index in [0.29, 0.717) is 16.9 Å². The van der Waals surface area contributed by atoms with E-state index < -0.39 is 0 Å². The summed E-state index contributed by atoms with van der Waals surface area (Å²) in [5.41, 5.74) is 6.64. The molecule has 5 heteroatoms. The lowest BCUT2D eigenvalue weighted by Crippen LogP contribution is -2.07. The number of hydrogen-bond donors (Lipinski definition) is 1. The Bertz CT molecular complexity index is 438. The van der Waals surface area contributed by atoms with Crippen LogP contribution in [0.2, 0.25) is 0 Å². The van der Waals surface area contributed by atoms with Crippen LogP contribution in [0.25, 0.3) is 0 Å². The molecule has 0 unspecified atom stereocenters. The van der Waals surface area contributed by atoms with Crippen molar-refractivity contribution in [2.75, 3.05) is 18.2 Å². The standard InChI is InChI=1S/C10H9BrN2O2/c1-15-9-3-6(5-12)2-7(10(9)13)8(14)4-11/h2-3H,4,13H2,1H3. The highest BCUT2D eigenvalue weighted by Crippen LogP contribution is 2.27. The number of rotatable bonds is 3. The Kier molecular flexibility index (Phi) is 3.69. The Labute approximate surface area is 95.8 Å². The van der Waals surface area contributed by atoms with Gasteiger partial charge < -0.3 is 10.5 Å². The summed E-state index contributed by atoms with van der Waals surface area (Å²) in [6.45, 7) is 0. The van der Waals surface area contributed by atoms with Crippen LogP contribution in [-0.2, 0) is 0 Å². The molecule has 1 rings (SSSR count). The molecule has 0 saturated heterocycles. The second kappa shape index (κ2) is 4.80. The van der Waals surface area contributed by atoms with E-state index in [1.54, 1.807) is 0 Å². The summed E-state index contributed by atoms with van der Waals surface area (Å²) in [6, 6.07) is 4.91. The summed E-state index contributed by atoms with van der Waals surface area (Å²) in [7, 11) is 1.44. The highest BCUT2D eigenvalue weighted by atomic mass is 79.9. The molecule has 1 aromatic carbocycles. The number of anilines is 1. The van der Waals surface area contributed by atoms with Crippen molar-refractivity contribution in [3.8, 4) is 11.8 Å². The molecule has 0 aliphatic carbocycles. The first-order chi connectivity index (χ1) is 7.13. The van der Waals surface area contributed by atoms with Crippen LogP contribution >= 0.6 is 15.9 Å². The van der Waals surface area contributed by atoms with Crippen LogP contribution in [0.3, 0.4) is 0 Å². The molecule has 0 saturated carbocycles. The molecule has 0 bridgehead atoms. The molecule has 0 radical (unpaired) electrons. The Morgan fingerprint density at radius 1 is 1.67 bits per heavy atom. The number of nitrogens with two attached hydrogens (primary N) is 1. The fourth-order valence-corrected chi connectivity index (χ4v) is 1.46. The number of nitrogen functional groups attached to an aromatic ring is 1. The van der Waals surface area contributed by atoms with Gasteiger partial charge in [0.1, 0.15) is 5.75 Å². The fraction of sp³-hybridized carbons (Fsp3) is 0.200. The molecule has 0 heterocycles. The average Bonchev–Trinajstić information content (AvgIpc) is 2.28. The SMILES string of the molecule is COc1cc(C#N)cc(C(=O)CBr)c1N. The third-order valence-corrected chi connectivity index (χ3v) is 2.42. The van der Waals surface area contributed by atoms with Crippen molar-refractivity contribution in [1.82, 2.24) is 0 Å². The molecule has 15 heavy (non-hydrogen) atoms. The van der Waals surface area contributed by atoms with Gasteiger partial charge in [-0.2, -0.15) is 5.26 Å². The predicted octanol–water partition coefficient (Wildman–Crippen LogP) is 1.73. The molecule has 2 N–H and O–H groups in total. The number of methoxy groups -OCH3 is 1. The maximum Gasteiger partial charge on any atom is 0.175 e. The highest BCUT2D eigenvalue weighted by molar-refractivity contribution is 9.09. The molecule has 0 atom stereocenters. The second-order valence-electron chi connectivity index (χ2n) is 2.81. The minimum Gasteiger partial charge on any atom is -0.495 e. The third-order valence-electron chi connectivity index (χ3n) is 1.91. The van der Waals surface area contributed by atoms with Crippen molar-refractivity contribution in [2.24, 2.45) is 0 Å². The minimum absolute atomic E-state index is 0.162. The number of nitrogens with zero attached hydrogens (tertiary/aromatic N) is 1. The summed E-state index contributed by atoms with van der Waals surface area (Å²) < 4.78 is 4.98. The zero-order valence-corrected chi connectivity index (χ0v) is 9.67. The molecule has 0 fully saturated rings. The monoisotopic (exact) mass is 268 g/mol. The summed E-state index contributed by atoms with van der Waals surface area (Å²) >= 11 is 3.05. The highest BCUT2D eigenvalue weighted by Gasteiger charge is 2.14. The third kappa shape index (κ3) is 2.28. The van der Waals surface area contributed by atoms with Gasteiger partial charge in [-0.05, 0) is 6.07 Å². The number of benzene rings is 1. The number of halogens is 1. The van der Waals surface area contributed by atoms with E-state index >= 15 is 0 Å². The van der Waals surface area contributed by atoms with Gasteiger partial charge in [-0.25, -0.2) is 0 Å². The Hall–Kier alpha value is -1.54. The Morgan fingerprint density at radius 2 is 2.33 bits per heavy atom. The molecule has 0 aliphatic rings. The van der Waals surface area contributed by atoms with Gasteiger partial charge in [0.05, 0.1) is 29.8 Å². The number of Topliss-reactive ketones (excluding diaryl/α,β-unsaturated/α-hetero) is 1. The van der Waals surface area contributed by atoms with Crippen molar-refractivity contribution in [2.45, 2.75) is 0 Å². The molecule has 0 spiro atoms. The Morgan fingerprint density at radius 3 is 2.80 bits per heavy atom. The van der Waals surface area contributed by atoms with Gasteiger partial charge >= 0.3 is 0 Å². The zero-order valence-electron chi connectivity index (χ0n) is 8.08.